The predicted molar refractivity (Wildman–Crippen MR) is 126 cm³/mol. The minimum Gasteiger partial charge on any atom is -0.332 e. The predicted octanol–water partition coefficient (Wildman–Crippen LogP) is 4.44. The normalized spacial score (nSPS) is 11.0. The van der Waals surface area contributed by atoms with Gasteiger partial charge in [0.2, 0.25) is 4.96 Å². The van der Waals surface area contributed by atoms with Gasteiger partial charge in [0.1, 0.15) is 5.01 Å². The summed E-state index contributed by atoms with van der Waals surface area (Å²) in [6, 6.07) is 21.1. The number of benzene rings is 3. The molecule has 152 valence electrons. The Morgan fingerprint density at radius 1 is 1.03 bits per heavy atom. The fourth-order valence-electron chi connectivity index (χ4n) is 3.32. The Kier molecular flexibility index (Phi) is 4.89. The van der Waals surface area contributed by atoms with Crippen molar-refractivity contribution in [3.8, 4) is 10.6 Å². The van der Waals surface area contributed by atoms with Gasteiger partial charge < -0.3 is 5.32 Å². The lowest BCUT2D eigenvalue weighted by molar-refractivity contribution is 0.0979. The zero-order valence-corrected chi connectivity index (χ0v) is 18.0. The second-order valence-electron chi connectivity index (χ2n) is 6.86. The van der Waals surface area contributed by atoms with Crippen LogP contribution in [0.4, 0.5) is 5.69 Å². The monoisotopic (exact) mass is 444 g/mol. The van der Waals surface area contributed by atoms with E-state index in [1.807, 2.05) is 67.6 Å². The van der Waals surface area contributed by atoms with Gasteiger partial charge in [-0.2, -0.15) is 9.61 Å². The Hall–Kier alpha value is -3.69. The number of carbonyl (C=O) groups excluding carboxylic acids is 1. The maximum atomic E-state index is 12.8. The molecule has 0 spiro atoms. The van der Waals surface area contributed by atoms with E-state index in [0.29, 0.717) is 5.56 Å². The second kappa shape index (κ2) is 7.86. The third-order valence-electron chi connectivity index (χ3n) is 4.78. The number of nitrogens with one attached hydrogen (secondary N) is 2. The van der Waals surface area contributed by atoms with Crippen LogP contribution in [0.15, 0.2) is 66.7 Å². The van der Waals surface area contributed by atoms with E-state index in [-0.39, 0.29) is 11.0 Å². The Bertz CT molecular complexity index is 1450. The number of hydrogen-bond donors (Lipinski definition) is 2. The van der Waals surface area contributed by atoms with Crippen LogP contribution in [0.2, 0.25) is 0 Å². The molecule has 2 N–H and O–H groups in total. The van der Waals surface area contributed by atoms with Gasteiger partial charge in [0.05, 0.1) is 0 Å². The number of aromatic nitrogens is 4. The van der Waals surface area contributed by atoms with Crippen molar-refractivity contribution in [1.29, 1.82) is 0 Å². The number of hydrogen-bond acceptors (Lipinski definition) is 6. The van der Waals surface area contributed by atoms with Gasteiger partial charge in [-0.1, -0.05) is 59.9 Å². The number of amides is 1. The molecule has 2 aromatic heterocycles. The number of thiocarbonyl (C=S) groups is 1. The molecule has 3 aromatic carbocycles. The van der Waals surface area contributed by atoms with Gasteiger partial charge in [-0.25, -0.2) is 0 Å². The average molecular weight is 445 g/mol. The van der Waals surface area contributed by atoms with Crippen LogP contribution in [0.25, 0.3) is 26.3 Å². The summed E-state index contributed by atoms with van der Waals surface area (Å²) in [5, 5.41) is 21.5. The standard InChI is InChI=1S/C22H16N6OS2/c1-13-25-26-22-28(13)27-20(31-22)15-8-4-9-16(12-15)23-21(30)24-19(29)18-11-5-7-14-6-2-3-10-17(14)18/h2-12H,1H3,(H2,23,24,29,30). The number of nitrogens with zero attached hydrogens (tertiary/aromatic N) is 4. The van der Waals surface area contributed by atoms with Crippen LogP contribution in [0.3, 0.4) is 0 Å². The highest BCUT2D eigenvalue weighted by Crippen LogP contribution is 2.27. The molecule has 5 rings (SSSR count). The van der Waals surface area contributed by atoms with Gasteiger partial charge in [-0.3, -0.25) is 10.1 Å². The first-order valence-electron chi connectivity index (χ1n) is 9.48. The second-order valence-corrected chi connectivity index (χ2v) is 8.23. The van der Waals surface area contributed by atoms with Crippen LogP contribution in [-0.2, 0) is 0 Å². The van der Waals surface area contributed by atoms with Crippen molar-refractivity contribution >= 4 is 56.0 Å². The van der Waals surface area contributed by atoms with E-state index in [0.717, 1.165) is 37.8 Å². The summed E-state index contributed by atoms with van der Waals surface area (Å²) < 4.78 is 1.72. The van der Waals surface area contributed by atoms with E-state index in [1.54, 1.807) is 10.6 Å². The van der Waals surface area contributed by atoms with Crippen LogP contribution in [-0.4, -0.2) is 30.8 Å². The zero-order chi connectivity index (χ0) is 21.4. The van der Waals surface area contributed by atoms with E-state index < -0.39 is 0 Å². The lowest BCUT2D eigenvalue weighted by Gasteiger charge is -2.11. The summed E-state index contributed by atoms with van der Waals surface area (Å²) in [5.74, 6) is 0.485. The first kappa shape index (κ1) is 19.3. The molecule has 7 nitrogen and oxygen atoms in total. The van der Waals surface area contributed by atoms with Crippen LogP contribution in [0.1, 0.15) is 16.2 Å². The molecule has 9 heteroatoms. The first-order valence-corrected chi connectivity index (χ1v) is 10.7. The maximum Gasteiger partial charge on any atom is 0.258 e. The van der Waals surface area contributed by atoms with Gasteiger partial charge in [0, 0.05) is 16.8 Å². The van der Waals surface area contributed by atoms with Gasteiger partial charge in [-0.05, 0) is 48.1 Å². The van der Waals surface area contributed by atoms with Crippen molar-refractivity contribution in [2.75, 3.05) is 5.32 Å². The average Bonchev–Trinajstić information content (AvgIpc) is 3.35. The Morgan fingerprint density at radius 3 is 2.71 bits per heavy atom. The van der Waals surface area contributed by atoms with Gasteiger partial charge in [-0.15, -0.1) is 10.2 Å². The van der Waals surface area contributed by atoms with E-state index in [1.165, 1.54) is 11.3 Å². The smallest absolute Gasteiger partial charge is 0.258 e. The molecule has 5 aromatic rings. The Labute approximate surface area is 186 Å². The maximum absolute atomic E-state index is 12.8. The molecular weight excluding hydrogens is 428 g/mol. The molecule has 0 bridgehead atoms. The molecule has 31 heavy (non-hydrogen) atoms. The summed E-state index contributed by atoms with van der Waals surface area (Å²) in [7, 11) is 0. The molecule has 0 unspecified atom stereocenters. The topological polar surface area (TPSA) is 84.2 Å². The van der Waals surface area contributed by atoms with Gasteiger partial charge in [0.15, 0.2) is 10.9 Å². The third kappa shape index (κ3) is 3.76. The zero-order valence-electron chi connectivity index (χ0n) is 16.4. The molecule has 0 aliphatic carbocycles. The first-order chi connectivity index (χ1) is 15.1. The van der Waals surface area contributed by atoms with Crippen molar-refractivity contribution in [2.45, 2.75) is 6.92 Å². The van der Waals surface area contributed by atoms with Gasteiger partial charge >= 0.3 is 0 Å². The molecular formula is C22H16N6OS2. The fraction of sp³-hybridized carbons (Fsp3) is 0.0455. The van der Waals surface area contributed by atoms with Crippen LogP contribution in [0.5, 0.6) is 0 Å². The highest BCUT2D eigenvalue weighted by atomic mass is 32.1. The summed E-state index contributed by atoms with van der Waals surface area (Å²) in [6.07, 6.45) is 0. The number of anilines is 1. The highest BCUT2D eigenvalue weighted by molar-refractivity contribution is 7.80. The minimum absolute atomic E-state index is 0.226. The van der Waals surface area contributed by atoms with Crippen molar-refractivity contribution in [3.63, 3.8) is 0 Å². The van der Waals surface area contributed by atoms with E-state index in [9.17, 15) is 4.79 Å². The molecule has 0 atom stereocenters. The molecule has 0 aliphatic heterocycles. The third-order valence-corrected chi connectivity index (χ3v) is 5.93. The summed E-state index contributed by atoms with van der Waals surface area (Å²) in [5.41, 5.74) is 2.25. The number of rotatable bonds is 3. The number of fused-ring (bicyclic) bond motifs is 2. The Balaban J connectivity index is 1.33. The molecule has 0 aliphatic rings. The molecule has 0 radical (unpaired) electrons. The molecule has 2 heterocycles. The van der Waals surface area contributed by atoms with Crippen molar-refractivity contribution in [3.05, 3.63) is 78.1 Å². The molecule has 0 saturated heterocycles. The largest absolute Gasteiger partial charge is 0.332 e. The SMILES string of the molecule is Cc1nnc2sc(-c3cccc(NC(=S)NC(=O)c4cccc5ccccc45)c3)nn12. The van der Waals surface area contributed by atoms with Gasteiger partial charge in [0.25, 0.3) is 5.91 Å². The van der Waals surface area contributed by atoms with E-state index >= 15 is 0 Å². The Morgan fingerprint density at radius 2 is 1.84 bits per heavy atom. The molecule has 0 fully saturated rings. The van der Waals surface area contributed by atoms with E-state index in [4.69, 9.17) is 12.2 Å². The molecule has 0 saturated carbocycles. The number of carbonyl (C=O) groups is 1. The van der Waals surface area contributed by atoms with Crippen molar-refractivity contribution < 1.29 is 4.79 Å². The summed E-state index contributed by atoms with van der Waals surface area (Å²) in [6.45, 7) is 1.86. The minimum atomic E-state index is -0.255. The quantitative estimate of drug-likeness (QED) is 0.400. The van der Waals surface area contributed by atoms with Crippen LogP contribution < -0.4 is 10.6 Å². The fourth-order valence-corrected chi connectivity index (χ4v) is 4.41. The molecule has 1 amide bonds. The van der Waals surface area contributed by atoms with Crippen molar-refractivity contribution in [2.24, 2.45) is 0 Å². The lowest BCUT2D eigenvalue weighted by Crippen LogP contribution is -2.34. The van der Waals surface area contributed by atoms with Crippen LogP contribution in [0, 0.1) is 6.92 Å². The van der Waals surface area contributed by atoms with Crippen LogP contribution >= 0.6 is 23.6 Å². The summed E-state index contributed by atoms with van der Waals surface area (Å²) >= 11 is 6.83. The van der Waals surface area contributed by atoms with E-state index in [2.05, 4.69) is 25.9 Å². The summed E-state index contributed by atoms with van der Waals surface area (Å²) in [4.78, 5) is 13.5. The van der Waals surface area contributed by atoms with Crippen molar-refractivity contribution in [1.82, 2.24) is 25.1 Å². The highest BCUT2D eigenvalue weighted by Gasteiger charge is 2.13. The lowest BCUT2D eigenvalue weighted by atomic mass is 10.0. The number of aryl methyl sites for hydroxylation is 1.